The van der Waals surface area contributed by atoms with Crippen molar-refractivity contribution in [3.8, 4) is 0 Å². The van der Waals surface area contributed by atoms with E-state index in [9.17, 15) is 17.6 Å². The zero-order valence-electron chi connectivity index (χ0n) is 9.78. The number of anilines is 1. The predicted octanol–water partition coefficient (Wildman–Crippen LogP) is 3.63. The van der Waals surface area contributed by atoms with E-state index >= 15 is 0 Å². The van der Waals surface area contributed by atoms with Gasteiger partial charge in [0.2, 0.25) is 11.6 Å². The summed E-state index contributed by atoms with van der Waals surface area (Å²) in [7, 11) is 0. The van der Waals surface area contributed by atoms with Crippen molar-refractivity contribution in [1.82, 2.24) is 4.98 Å². The number of rotatable bonds is 4. The molecule has 1 aromatic rings. The summed E-state index contributed by atoms with van der Waals surface area (Å²) in [6.07, 6.45) is 5.29. The first-order valence-electron chi connectivity index (χ1n) is 6.03. The molecular weight excluding hydrogens is 248 g/mol. The maximum Gasteiger partial charge on any atom is 0.253 e. The molecule has 1 aromatic heterocycles. The number of nitrogens with zero attached hydrogens (tertiary/aromatic N) is 1. The standard InChI is InChI=1S/C12H14F4N2/c13-8-10(9(14)12(16)18-11(8)15)17-6-5-7-3-1-2-4-7/h7H,1-6H2,(H,17,18). The lowest BCUT2D eigenvalue weighted by Gasteiger charge is -2.12. The second kappa shape index (κ2) is 5.54. The number of hydrogen-bond acceptors (Lipinski definition) is 2. The van der Waals surface area contributed by atoms with Gasteiger partial charge in [-0.2, -0.15) is 22.5 Å². The first kappa shape index (κ1) is 13.1. The highest BCUT2D eigenvalue weighted by molar-refractivity contribution is 5.45. The first-order chi connectivity index (χ1) is 8.59. The maximum atomic E-state index is 13.2. The van der Waals surface area contributed by atoms with Crippen LogP contribution in [-0.2, 0) is 0 Å². The molecule has 1 heterocycles. The average Bonchev–Trinajstić information content (AvgIpc) is 2.84. The summed E-state index contributed by atoms with van der Waals surface area (Å²) in [6.45, 7) is 0.293. The molecule has 0 saturated heterocycles. The SMILES string of the molecule is Fc1nc(F)c(F)c(NCCC2CCCC2)c1F. The van der Waals surface area contributed by atoms with Crippen molar-refractivity contribution in [2.45, 2.75) is 32.1 Å². The molecule has 100 valence electrons. The van der Waals surface area contributed by atoms with Crippen molar-refractivity contribution in [1.29, 1.82) is 0 Å². The van der Waals surface area contributed by atoms with Gasteiger partial charge >= 0.3 is 0 Å². The third-order valence-electron chi connectivity index (χ3n) is 3.33. The Kier molecular flexibility index (Phi) is 4.04. The van der Waals surface area contributed by atoms with Crippen molar-refractivity contribution in [2.24, 2.45) is 5.92 Å². The zero-order chi connectivity index (χ0) is 13.1. The highest BCUT2D eigenvalue weighted by Crippen LogP contribution is 2.28. The zero-order valence-corrected chi connectivity index (χ0v) is 9.78. The Bertz CT molecular complexity index is 404. The average molecular weight is 262 g/mol. The number of nitrogens with one attached hydrogen (secondary N) is 1. The fraction of sp³-hybridized carbons (Fsp3) is 0.583. The summed E-state index contributed by atoms with van der Waals surface area (Å²) >= 11 is 0. The fourth-order valence-corrected chi connectivity index (χ4v) is 2.34. The van der Waals surface area contributed by atoms with Gasteiger partial charge in [0.1, 0.15) is 5.69 Å². The molecule has 1 saturated carbocycles. The molecule has 1 N–H and O–H groups in total. The van der Waals surface area contributed by atoms with Gasteiger partial charge in [-0.1, -0.05) is 25.7 Å². The summed E-state index contributed by atoms with van der Waals surface area (Å²) in [5, 5.41) is 2.42. The predicted molar refractivity (Wildman–Crippen MR) is 59.1 cm³/mol. The first-order valence-corrected chi connectivity index (χ1v) is 6.03. The molecule has 1 aliphatic rings. The van der Waals surface area contributed by atoms with Crippen LogP contribution in [0.25, 0.3) is 0 Å². The molecule has 18 heavy (non-hydrogen) atoms. The van der Waals surface area contributed by atoms with Crippen LogP contribution in [0.1, 0.15) is 32.1 Å². The second-order valence-electron chi connectivity index (χ2n) is 4.56. The van der Waals surface area contributed by atoms with Crippen LogP contribution in [0.5, 0.6) is 0 Å². The Hall–Kier alpha value is -1.33. The second-order valence-corrected chi connectivity index (χ2v) is 4.56. The van der Waals surface area contributed by atoms with Gasteiger partial charge in [0, 0.05) is 6.54 Å². The van der Waals surface area contributed by atoms with Crippen molar-refractivity contribution in [3.05, 3.63) is 23.5 Å². The monoisotopic (exact) mass is 262 g/mol. The van der Waals surface area contributed by atoms with E-state index in [4.69, 9.17) is 0 Å². The van der Waals surface area contributed by atoms with Gasteiger partial charge in [-0.25, -0.2) is 0 Å². The summed E-state index contributed by atoms with van der Waals surface area (Å²) in [4.78, 5) is 2.50. The summed E-state index contributed by atoms with van der Waals surface area (Å²) in [5.41, 5.74) is -0.766. The van der Waals surface area contributed by atoms with Crippen LogP contribution in [0.2, 0.25) is 0 Å². The molecule has 2 nitrogen and oxygen atoms in total. The third-order valence-corrected chi connectivity index (χ3v) is 3.33. The Morgan fingerprint density at radius 3 is 2.11 bits per heavy atom. The number of aromatic nitrogens is 1. The molecule has 0 bridgehead atoms. The van der Waals surface area contributed by atoms with Gasteiger partial charge in [0.05, 0.1) is 0 Å². The Balaban J connectivity index is 1.99. The summed E-state index contributed by atoms with van der Waals surface area (Å²) < 4.78 is 52.1. The van der Waals surface area contributed by atoms with E-state index in [2.05, 4.69) is 10.3 Å². The largest absolute Gasteiger partial charge is 0.380 e. The molecule has 0 spiro atoms. The molecular formula is C12H14F4N2. The summed E-state index contributed by atoms with van der Waals surface area (Å²) in [5.74, 6) is -5.67. The van der Waals surface area contributed by atoms with Crippen LogP contribution >= 0.6 is 0 Å². The minimum absolute atomic E-state index is 0.293. The van der Waals surface area contributed by atoms with Crippen molar-refractivity contribution >= 4 is 5.69 Å². The van der Waals surface area contributed by atoms with Gasteiger partial charge in [-0.05, 0) is 12.3 Å². The smallest absolute Gasteiger partial charge is 0.253 e. The number of hydrogen-bond donors (Lipinski definition) is 1. The highest BCUT2D eigenvalue weighted by atomic mass is 19.2. The molecule has 0 radical (unpaired) electrons. The van der Waals surface area contributed by atoms with Crippen LogP contribution in [-0.4, -0.2) is 11.5 Å². The van der Waals surface area contributed by atoms with Gasteiger partial charge in [0.15, 0.2) is 0 Å². The molecule has 0 atom stereocenters. The topological polar surface area (TPSA) is 24.9 Å². The molecule has 0 unspecified atom stereocenters. The number of pyridine rings is 1. The van der Waals surface area contributed by atoms with Gasteiger partial charge in [0.25, 0.3) is 11.9 Å². The van der Waals surface area contributed by atoms with Crippen molar-refractivity contribution in [3.63, 3.8) is 0 Å². The number of halogens is 4. The van der Waals surface area contributed by atoms with Crippen LogP contribution in [0.4, 0.5) is 23.2 Å². The lowest BCUT2D eigenvalue weighted by atomic mass is 10.0. The van der Waals surface area contributed by atoms with E-state index in [1.54, 1.807) is 0 Å². The summed E-state index contributed by atoms with van der Waals surface area (Å²) in [6, 6.07) is 0. The molecule has 1 fully saturated rings. The van der Waals surface area contributed by atoms with Crippen molar-refractivity contribution < 1.29 is 17.6 Å². The van der Waals surface area contributed by atoms with Gasteiger partial charge < -0.3 is 5.32 Å². The molecule has 1 aliphatic carbocycles. The van der Waals surface area contributed by atoms with E-state index in [-0.39, 0.29) is 0 Å². The van der Waals surface area contributed by atoms with E-state index in [0.29, 0.717) is 12.5 Å². The molecule has 6 heteroatoms. The van der Waals surface area contributed by atoms with E-state index in [0.717, 1.165) is 19.3 Å². The fourth-order valence-electron chi connectivity index (χ4n) is 2.34. The lowest BCUT2D eigenvalue weighted by molar-refractivity contribution is 0.410. The quantitative estimate of drug-likeness (QED) is 0.662. The third kappa shape index (κ3) is 2.73. The van der Waals surface area contributed by atoms with Crippen molar-refractivity contribution in [2.75, 3.05) is 11.9 Å². The normalized spacial score (nSPS) is 16.2. The molecule has 2 rings (SSSR count). The maximum absolute atomic E-state index is 13.2. The van der Waals surface area contributed by atoms with Crippen LogP contribution in [0.15, 0.2) is 0 Å². The Morgan fingerprint density at radius 2 is 1.56 bits per heavy atom. The minimum atomic E-state index is -1.63. The van der Waals surface area contributed by atoms with Gasteiger partial charge in [-0.3, -0.25) is 0 Å². The van der Waals surface area contributed by atoms with Crippen LogP contribution in [0, 0.1) is 29.4 Å². The minimum Gasteiger partial charge on any atom is -0.380 e. The van der Waals surface area contributed by atoms with E-state index in [1.807, 2.05) is 0 Å². The van der Waals surface area contributed by atoms with E-state index in [1.165, 1.54) is 12.8 Å². The Morgan fingerprint density at radius 1 is 1.00 bits per heavy atom. The highest BCUT2D eigenvalue weighted by Gasteiger charge is 2.21. The van der Waals surface area contributed by atoms with E-state index < -0.39 is 29.2 Å². The molecule has 0 aromatic carbocycles. The van der Waals surface area contributed by atoms with Gasteiger partial charge in [-0.15, -0.1) is 0 Å². The van der Waals surface area contributed by atoms with Crippen LogP contribution < -0.4 is 5.32 Å². The van der Waals surface area contributed by atoms with Crippen LogP contribution in [0.3, 0.4) is 0 Å². The molecule has 0 aliphatic heterocycles. The molecule has 0 amide bonds. The lowest BCUT2D eigenvalue weighted by Crippen LogP contribution is -2.12. The Labute approximate surface area is 102 Å².